The molecule has 1 saturated heterocycles. The molecule has 1 aliphatic heterocycles. The monoisotopic (exact) mass is 434 g/mol. The van der Waals surface area contributed by atoms with Gasteiger partial charge in [0.15, 0.2) is 6.10 Å². The highest BCUT2D eigenvalue weighted by molar-refractivity contribution is 9.10. The Morgan fingerprint density at radius 1 is 1.33 bits per heavy atom. The molecule has 1 amide bonds. The minimum Gasteiger partial charge on any atom is -0.490 e. The van der Waals surface area contributed by atoms with Crippen LogP contribution in [0.25, 0.3) is 0 Å². The quantitative estimate of drug-likeness (QED) is 0.704. The highest BCUT2D eigenvalue weighted by atomic mass is 79.9. The molecular weight excluding hydrogens is 412 g/mol. The number of hydrogen-bond donors (Lipinski definition) is 1. The van der Waals surface area contributed by atoms with Gasteiger partial charge >= 0.3 is 0 Å². The Hall–Kier alpha value is -2.12. The summed E-state index contributed by atoms with van der Waals surface area (Å²) in [5.74, 6) is 1.20. The first-order valence-corrected chi connectivity index (χ1v) is 9.58. The van der Waals surface area contributed by atoms with Gasteiger partial charge in [-0.15, -0.1) is 0 Å². The van der Waals surface area contributed by atoms with Crippen LogP contribution in [-0.2, 0) is 4.79 Å². The molecule has 1 aromatic heterocycles. The van der Waals surface area contributed by atoms with Crippen molar-refractivity contribution in [1.29, 1.82) is 0 Å². The third-order valence-corrected chi connectivity index (χ3v) is 4.66. The van der Waals surface area contributed by atoms with Crippen molar-refractivity contribution < 1.29 is 19.4 Å². The van der Waals surface area contributed by atoms with Crippen LogP contribution in [0.4, 0.5) is 5.69 Å². The molecule has 1 atom stereocenters. The van der Waals surface area contributed by atoms with Crippen LogP contribution in [0.5, 0.6) is 11.5 Å². The number of aromatic nitrogens is 1. The molecule has 1 fully saturated rings. The normalized spacial score (nSPS) is 17.3. The number of rotatable bonds is 6. The number of pyridine rings is 1. The number of aliphatic hydroxyl groups is 1. The van der Waals surface area contributed by atoms with Gasteiger partial charge in [-0.2, -0.15) is 0 Å². The Labute approximate surface area is 167 Å². The Kier molecular flexibility index (Phi) is 5.72. The Bertz CT molecular complexity index is 818. The fraction of sp³-hybridized carbons (Fsp3) is 0.400. The summed E-state index contributed by atoms with van der Waals surface area (Å²) in [5, 5.41) is 9.80. The molecule has 0 bridgehead atoms. The van der Waals surface area contributed by atoms with E-state index in [2.05, 4.69) is 20.9 Å². The fourth-order valence-corrected chi connectivity index (χ4v) is 3.07. The van der Waals surface area contributed by atoms with E-state index in [1.807, 2.05) is 25.1 Å². The molecule has 0 aliphatic carbocycles. The lowest BCUT2D eigenvalue weighted by Gasteiger charge is -2.21. The highest BCUT2D eigenvalue weighted by Gasteiger charge is 2.34. The molecule has 0 saturated carbocycles. The van der Waals surface area contributed by atoms with E-state index >= 15 is 0 Å². The van der Waals surface area contributed by atoms with Gasteiger partial charge in [-0.1, -0.05) is 0 Å². The van der Waals surface area contributed by atoms with Gasteiger partial charge in [-0.25, -0.2) is 4.98 Å². The fourth-order valence-electron chi connectivity index (χ4n) is 2.83. The predicted octanol–water partition coefficient (Wildman–Crippen LogP) is 3.49. The summed E-state index contributed by atoms with van der Waals surface area (Å²) in [6.45, 7) is 6.11. The average Bonchev–Trinajstić information content (AvgIpc) is 2.96. The topological polar surface area (TPSA) is 71.9 Å². The molecule has 0 spiro atoms. The second-order valence-electron chi connectivity index (χ2n) is 7.25. The van der Waals surface area contributed by atoms with Crippen molar-refractivity contribution in [3.63, 3.8) is 0 Å². The zero-order valence-electron chi connectivity index (χ0n) is 15.6. The van der Waals surface area contributed by atoms with Crippen molar-refractivity contribution in [3.8, 4) is 11.5 Å². The van der Waals surface area contributed by atoms with Gasteiger partial charge < -0.3 is 19.5 Å². The van der Waals surface area contributed by atoms with Crippen LogP contribution >= 0.6 is 15.9 Å². The molecule has 3 rings (SSSR count). The van der Waals surface area contributed by atoms with E-state index in [1.165, 1.54) is 0 Å². The maximum Gasteiger partial charge on any atom is 0.268 e. The van der Waals surface area contributed by atoms with Crippen LogP contribution in [0.1, 0.15) is 25.8 Å². The van der Waals surface area contributed by atoms with Crippen LogP contribution < -0.4 is 14.4 Å². The summed E-state index contributed by atoms with van der Waals surface area (Å²) in [4.78, 5) is 18.6. The largest absolute Gasteiger partial charge is 0.490 e. The van der Waals surface area contributed by atoms with E-state index in [-0.39, 0.29) is 12.5 Å². The molecule has 7 heteroatoms. The van der Waals surface area contributed by atoms with Crippen molar-refractivity contribution in [2.75, 3.05) is 18.1 Å². The van der Waals surface area contributed by atoms with E-state index in [0.29, 0.717) is 24.5 Å². The SMILES string of the molecule is Cc1cc(N2CCC(Oc3ccc(Br)nc3)C2=O)ccc1OCC(C)(C)O. The van der Waals surface area contributed by atoms with Gasteiger partial charge in [0.25, 0.3) is 5.91 Å². The van der Waals surface area contributed by atoms with Gasteiger partial charge in [-0.3, -0.25) is 4.79 Å². The third-order valence-electron chi connectivity index (χ3n) is 4.19. The first-order valence-electron chi connectivity index (χ1n) is 8.78. The maximum absolute atomic E-state index is 12.7. The summed E-state index contributed by atoms with van der Waals surface area (Å²) in [6.07, 6.45) is 1.70. The minimum absolute atomic E-state index is 0.0671. The van der Waals surface area contributed by atoms with Crippen molar-refractivity contribution in [1.82, 2.24) is 4.98 Å². The van der Waals surface area contributed by atoms with Crippen molar-refractivity contribution in [3.05, 3.63) is 46.7 Å². The van der Waals surface area contributed by atoms with Gasteiger partial charge in [0.05, 0.1) is 11.8 Å². The van der Waals surface area contributed by atoms with Crippen molar-refractivity contribution in [2.45, 2.75) is 38.9 Å². The van der Waals surface area contributed by atoms with Crippen LogP contribution in [-0.4, -0.2) is 40.9 Å². The average molecular weight is 435 g/mol. The van der Waals surface area contributed by atoms with Crippen LogP contribution in [0.15, 0.2) is 41.1 Å². The standard InChI is InChI=1S/C20H23BrN2O4/c1-13-10-14(4-6-16(13)26-12-20(2,3)25)23-9-8-17(19(23)24)27-15-5-7-18(21)22-11-15/h4-7,10-11,17,25H,8-9,12H2,1-3H3. The number of carbonyl (C=O) groups is 1. The van der Waals surface area contributed by atoms with Crippen molar-refractivity contribution >= 4 is 27.5 Å². The molecule has 1 N–H and O–H groups in total. The molecule has 6 nitrogen and oxygen atoms in total. The number of ether oxygens (including phenoxy) is 2. The molecule has 2 aromatic rings. The smallest absolute Gasteiger partial charge is 0.268 e. The number of anilines is 1. The number of hydrogen-bond acceptors (Lipinski definition) is 5. The number of amides is 1. The molecule has 144 valence electrons. The Balaban J connectivity index is 1.67. The highest BCUT2D eigenvalue weighted by Crippen LogP contribution is 2.29. The van der Waals surface area contributed by atoms with E-state index < -0.39 is 11.7 Å². The minimum atomic E-state index is -0.900. The Morgan fingerprint density at radius 2 is 2.11 bits per heavy atom. The summed E-state index contributed by atoms with van der Waals surface area (Å²) in [5.41, 5.74) is 0.821. The number of benzene rings is 1. The second-order valence-corrected chi connectivity index (χ2v) is 8.07. The lowest BCUT2D eigenvalue weighted by atomic mass is 10.1. The predicted molar refractivity (Wildman–Crippen MR) is 106 cm³/mol. The zero-order chi connectivity index (χ0) is 19.6. The first-order chi connectivity index (χ1) is 12.7. The number of halogens is 1. The van der Waals surface area contributed by atoms with Gasteiger partial charge in [-0.05, 0) is 72.6 Å². The van der Waals surface area contributed by atoms with E-state index in [0.717, 1.165) is 15.9 Å². The third kappa shape index (κ3) is 4.99. The van der Waals surface area contributed by atoms with E-state index in [9.17, 15) is 9.90 Å². The molecule has 2 heterocycles. The number of nitrogens with zero attached hydrogens (tertiary/aromatic N) is 2. The summed E-state index contributed by atoms with van der Waals surface area (Å²) in [7, 11) is 0. The molecule has 1 aliphatic rings. The lowest BCUT2D eigenvalue weighted by Crippen LogP contribution is -2.32. The van der Waals surface area contributed by atoms with Crippen LogP contribution in [0.3, 0.4) is 0 Å². The van der Waals surface area contributed by atoms with E-state index in [4.69, 9.17) is 9.47 Å². The number of carbonyl (C=O) groups excluding carboxylic acids is 1. The Morgan fingerprint density at radius 3 is 2.74 bits per heavy atom. The van der Waals surface area contributed by atoms with Crippen molar-refractivity contribution in [2.24, 2.45) is 0 Å². The summed E-state index contributed by atoms with van der Waals surface area (Å²) >= 11 is 3.28. The lowest BCUT2D eigenvalue weighted by molar-refractivity contribution is -0.122. The first kappa shape index (κ1) is 19.6. The van der Waals surface area contributed by atoms with Gasteiger partial charge in [0.2, 0.25) is 0 Å². The molecule has 0 radical (unpaired) electrons. The number of aryl methyl sites for hydroxylation is 1. The van der Waals surface area contributed by atoms with Crippen LogP contribution in [0.2, 0.25) is 0 Å². The summed E-state index contributed by atoms with van der Waals surface area (Å²) in [6, 6.07) is 9.17. The van der Waals surface area contributed by atoms with Crippen LogP contribution in [0, 0.1) is 6.92 Å². The molecule has 1 unspecified atom stereocenters. The molecule has 27 heavy (non-hydrogen) atoms. The second kappa shape index (κ2) is 7.86. The molecule has 1 aromatic carbocycles. The molecular formula is C20H23BrN2O4. The summed E-state index contributed by atoms with van der Waals surface area (Å²) < 4.78 is 12.2. The van der Waals surface area contributed by atoms with Gasteiger partial charge in [0.1, 0.15) is 22.7 Å². The van der Waals surface area contributed by atoms with E-state index in [1.54, 1.807) is 37.1 Å². The van der Waals surface area contributed by atoms with Gasteiger partial charge in [0, 0.05) is 18.7 Å². The maximum atomic E-state index is 12.7. The zero-order valence-corrected chi connectivity index (χ0v) is 17.2.